The van der Waals surface area contributed by atoms with Crippen molar-refractivity contribution in [3.63, 3.8) is 0 Å². The van der Waals surface area contributed by atoms with Gasteiger partial charge in [0.05, 0.1) is 17.6 Å². The lowest BCUT2D eigenvalue weighted by atomic mass is 10.1. The molecule has 2 heterocycles. The van der Waals surface area contributed by atoms with Crippen LogP contribution in [0.15, 0.2) is 67.4 Å². The van der Waals surface area contributed by atoms with E-state index in [2.05, 4.69) is 78.5 Å². The van der Waals surface area contributed by atoms with E-state index in [4.69, 9.17) is 4.98 Å². The Kier molecular flexibility index (Phi) is 14.7. The molecule has 4 rings (SSSR count). The van der Waals surface area contributed by atoms with Crippen LogP contribution in [0.1, 0.15) is 79.1 Å². The van der Waals surface area contributed by atoms with Gasteiger partial charge in [0, 0.05) is 36.2 Å². The average molecular weight is 489 g/mol. The van der Waals surface area contributed by atoms with Gasteiger partial charge in [0.1, 0.15) is 0 Å². The maximum Gasteiger partial charge on any atom is 0.160 e. The van der Waals surface area contributed by atoms with Gasteiger partial charge in [-0.3, -0.25) is 4.57 Å². The molecule has 0 unspecified atom stereocenters. The lowest BCUT2D eigenvalue weighted by Gasteiger charge is -2.18. The molecular formula is C32H48N4. The van der Waals surface area contributed by atoms with Crippen molar-refractivity contribution in [2.75, 3.05) is 23.3 Å². The van der Waals surface area contributed by atoms with Crippen LogP contribution in [-0.4, -0.2) is 22.6 Å². The summed E-state index contributed by atoms with van der Waals surface area (Å²) in [7, 11) is 0. The molecule has 0 atom stereocenters. The molecule has 36 heavy (non-hydrogen) atoms. The van der Waals surface area contributed by atoms with Crippen LogP contribution in [0.2, 0.25) is 0 Å². The monoisotopic (exact) mass is 488 g/mol. The highest BCUT2D eigenvalue weighted by atomic mass is 15.1. The van der Waals surface area contributed by atoms with Crippen molar-refractivity contribution < 1.29 is 0 Å². The summed E-state index contributed by atoms with van der Waals surface area (Å²) in [4.78, 5) is 7.15. The molecule has 0 aliphatic carbocycles. The predicted octanol–water partition coefficient (Wildman–Crippen LogP) is 9.50. The lowest BCUT2D eigenvalue weighted by Crippen LogP contribution is -2.17. The first-order valence-electron chi connectivity index (χ1n) is 13.7. The van der Waals surface area contributed by atoms with E-state index in [0.717, 1.165) is 41.6 Å². The molecular weight excluding hydrogens is 440 g/mol. The summed E-state index contributed by atoms with van der Waals surface area (Å²) in [6.07, 6.45) is 9.80. The number of nitrogens with one attached hydrogen (secondary N) is 1. The fourth-order valence-corrected chi connectivity index (χ4v) is 3.89. The highest BCUT2D eigenvalue weighted by Gasteiger charge is 2.16. The van der Waals surface area contributed by atoms with Gasteiger partial charge in [0.15, 0.2) is 5.82 Å². The number of aryl methyl sites for hydroxylation is 1. The van der Waals surface area contributed by atoms with Crippen molar-refractivity contribution >= 4 is 23.3 Å². The SMILES string of the molecule is C=C(Nc1cccc(C)c1)c1ncc(-c2cccc(N3CCCC3)c2)n1/C=C\C.CC.CC.CCC. The van der Waals surface area contributed by atoms with Gasteiger partial charge in [-0.1, -0.05) is 84.9 Å². The van der Waals surface area contributed by atoms with Gasteiger partial charge in [0.25, 0.3) is 0 Å². The molecule has 4 nitrogen and oxygen atoms in total. The number of rotatable bonds is 6. The Morgan fingerprint density at radius 2 is 1.64 bits per heavy atom. The van der Waals surface area contributed by atoms with E-state index in [1.165, 1.54) is 30.5 Å². The molecule has 2 aromatic carbocycles. The van der Waals surface area contributed by atoms with Crippen LogP contribution in [-0.2, 0) is 0 Å². The Hall–Kier alpha value is -3.27. The fraction of sp³-hybridized carbons (Fsp3) is 0.406. The zero-order chi connectivity index (χ0) is 26.9. The number of benzene rings is 2. The van der Waals surface area contributed by atoms with Gasteiger partial charge < -0.3 is 10.2 Å². The fourth-order valence-electron chi connectivity index (χ4n) is 3.89. The third kappa shape index (κ3) is 8.75. The molecule has 1 aromatic heterocycles. The second kappa shape index (κ2) is 17.2. The Bertz CT molecular complexity index is 1060. The van der Waals surface area contributed by atoms with E-state index in [0.29, 0.717) is 0 Å². The molecule has 0 spiro atoms. The summed E-state index contributed by atoms with van der Waals surface area (Å²) in [5.41, 5.74) is 6.50. The zero-order valence-electron chi connectivity index (χ0n) is 23.9. The van der Waals surface area contributed by atoms with Crippen LogP contribution >= 0.6 is 0 Å². The zero-order valence-corrected chi connectivity index (χ0v) is 23.9. The van der Waals surface area contributed by atoms with Gasteiger partial charge in [0.2, 0.25) is 0 Å². The topological polar surface area (TPSA) is 33.1 Å². The molecule has 1 aliphatic heterocycles. The highest BCUT2D eigenvalue weighted by Crippen LogP contribution is 2.29. The second-order valence-electron chi connectivity index (χ2n) is 8.24. The Morgan fingerprint density at radius 1 is 1.00 bits per heavy atom. The number of aromatic nitrogens is 2. The smallest absolute Gasteiger partial charge is 0.160 e. The normalized spacial score (nSPS) is 12.1. The third-order valence-electron chi connectivity index (χ3n) is 5.29. The van der Waals surface area contributed by atoms with Crippen molar-refractivity contribution in [1.29, 1.82) is 0 Å². The summed E-state index contributed by atoms with van der Waals surface area (Å²) in [5, 5.41) is 3.40. The van der Waals surface area contributed by atoms with Crippen LogP contribution in [0, 0.1) is 6.92 Å². The van der Waals surface area contributed by atoms with E-state index in [1.54, 1.807) is 0 Å². The van der Waals surface area contributed by atoms with Crippen LogP contribution in [0.25, 0.3) is 23.2 Å². The summed E-state index contributed by atoms with van der Waals surface area (Å²) < 4.78 is 2.11. The molecule has 3 aromatic rings. The summed E-state index contributed by atoms with van der Waals surface area (Å²) in [6, 6.07) is 17.0. The van der Waals surface area contributed by atoms with Gasteiger partial charge in [-0.25, -0.2) is 4.98 Å². The van der Waals surface area contributed by atoms with Gasteiger partial charge >= 0.3 is 0 Å². The van der Waals surface area contributed by atoms with E-state index in [-0.39, 0.29) is 0 Å². The molecule has 1 N–H and O–H groups in total. The largest absolute Gasteiger partial charge is 0.372 e. The maximum absolute atomic E-state index is 4.69. The van der Waals surface area contributed by atoms with Gasteiger partial charge in [-0.2, -0.15) is 0 Å². The molecule has 0 amide bonds. The van der Waals surface area contributed by atoms with E-state index < -0.39 is 0 Å². The Balaban J connectivity index is 0.000000844. The number of hydrogen-bond acceptors (Lipinski definition) is 3. The minimum Gasteiger partial charge on any atom is -0.372 e. The number of nitrogens with zero attached hydrogens (tertiary/aromatic N) is 3. The van der Waals surface area contributed by atoms with Gasteiger partial charge in [-0.15, -0.1) is 0 Å². The van der Waals surface area contributed by atoms with E-state index >= 15 is 0 Å². The Morgan fingerprint density at radius 3 is 2.25 bits per heavy atom. The van der Waals surface area contributed by atoms with Crippen molar-refractivity contribution in [2.24, 2.45) is 0 Å². The Labute approximate surface area is 220 Å². The number of anilines is 2. The summed E-state index contributed by atoms with van der Waals surface area (Å²) in [5.74, 6) is 0.811. The van der Waals surface area contributed by atoms with Crippen molar-refractivity contribution in [1.82, 2.24) is 9.55 Å². The highest BCUT2D eigenvalue weighted by molar-refractivity contribution is 5.76. The van der Waals surface area contributed by atoms with Crippen LogP contribution in [0.4, 0.5) is 11.4 Å². The summed E-state index contributed by atoms with van der Waals surface area (Å²) >= 11 is 0. The first-order valence-corrected chi connectivity index (χ1v) is 13.7. The van der Waals surface area contributed by atoms with Crippen LogP contribution < -0.4 is 10.2 Å². The third-order valence-corrected chi connectivity index (χ3v) is 5.29. The molecule has 1 fully saturated rings. The number of imidazole rings is 1. The number of allylic oxidation sites excluding steroid dienone is 1. The van der Waals surface area contributed by atoms with Gasteiger partial charge in [-0.05, 0) is 56.5 Å². The predicted molar refractivity (Wildman–Crippen MR) is 163 cm³/mol. The molecule has 0 bridgehead atoms. The number of hydrogen-bond donors (Lipinski definition) is 1. The quantitative estimate of drug-likeness (QED) is 0.375. The lowest BCUT2D eigenvalue weighted by molar-refractivity contribution is 0.949. The molecule has 0 radical (unpaired) electrons. The van der Waals surface area contributed by atoms with Crippen molar-refractivity contribution in [2.45, 2.75) is 74.7 Å². The van der Waals surface area contributed by atoms with Crippen LogP contribution in [0.3, 0.4) is 0 Å². The molecule has 196 valence electrons. The van der Waals surface area contributed by atoms with Crippen molar-refractivity contribution in [3.05, 3.63) is 78.8 Å². The maximum atomic E-state index is 4.69. The average Bonchev–Trinajstić information content (AvgIpc) is 3.58. The van der Waals surface area contributed by atoms with Crippen molar-refractivity contribution in [3.8, 4) is 11.3 Å². The summed E-state index contributed by atoms with van der Waals surface area (Å²) in [6.45, 7) is 22.9. The first kappa shape index (κ1) is 30.8. The van der Waals surface area contributed by atoms with E-state index in [9.17, 15) is 0 Å². The molecule has 4 heteroatoms. The molecule has 1 aliphatic rings. The minimum atomic E-state index is 0.774. The molecule has 1 saturated heterocycles. The molecule has 0 saturated carbocycles. The second-order valence-corrected chi connectivity index (χ2v) is 8.24. The minimum absolute atomic E-state index is 0.774. The standard InChI is InChI=1S/C25H28N4.C3H8.2C2H6/c1-4-13-29-24(21-10-8-12-23(17-21)28-14-5-6-15-28)18-26-25(29)20(3)27-22-11-7-9-19(2)16-22;1-3-2;2*1-2/h4,7-13,16-18,27H,3,5-6,14-15H2,1-2H3;3H2,1-2H3;2*1-2H3/b13-4-;;;. The van der Waals surface area contributed by atoms with E-state index in [1.807, 2.05) is 65.2 Å². The first-order chi connectivity index (χ1) is 17.6. The van der Waals surface area contributed by atoms with Crippen LogP contribution in [0.5, 0.6) is 0 Å².